The van der Waals surface area contributed by atoms with Gasteiger partial charge in [0.1, 0.15) is 5.52 Å². The van der Waals surface area contributed by atoms with E-state index in [9.17, 15) is 9.59 Å². The molecule has 0 saturated carbocycles. The highest BCUT2D eigenvalue weighted by Crippen LogP contribution is 2.28. The van der Waals surface area contributed by atoms with Crippen LogP contribution in [0.4, 0.5) is 4.79 Å². The molecule has 1 aromatic carbocycles. The van der Waals surface area contributed by atoms with Gasteiger partial charge in [-0.25, -0.2) is 14.8 Å². The molecule has 1 N–H and O–H groups in total. The van der Waals surface area contributed by atoms with Crippen LogP contribution in [0.1, 0.15) is 25.7 Å². The van der Waals surface area contributed by atoms with E-state index in [0.717, 1.165) is 43.0 Å². The number of aromatic nitrogens is 1. The molecule has 3 aliphatic rings. The van der Waals surface area contributed by atoms with Crippen molar-refractivity contribution in [2.45, 2.75) is 43.1 Å². The minimum atomic E-state index is -0.509. The summed E-state index contributed by atoms with van der Waals surface area (Å²) in [6, 6.07) is 6.79. The van der Waals surface area contributed by atoms with Gasteiger partial charge < -0.3 is 19.1 Å². The van der Waals surface area contributed by atoms with Crippen molar-refractivity contribution in [3.05, 3.63) is 24.3 Å². The number of nitrogens with zero attached hydrogens (tertiary/aromatic N) is 5. The first-order valence-electron chi connectivity index (χ1n) is 10.8. The van der Waals surface area contributed by atoms with Gasteiger partial charge in [0.15, 0.2) is 23.8 Å². The molecule has 2 fully saturated rings. The second-order valence-electron chi connectivity index (χ2n) is 8.08. The number of para-hydroxylation sites is 2. The Morgan fingerprint density at radius 1 is 1.16 bits per heavy atom. The van der Waals surface area contributed by atoms with E-state index < -0.39 is 18.2 Å². The van der Waals surface area contributed by atoms with Crippen LogP contribution in [0.25, 0.3) is 11.1 Å². The fourth-order valence-corrected chi connectivity index (χ4v) is 5.20. The van der Waals surface area contributed by atoms with Crippen molar-refractivity contribution < 1.29 is 14.0 Å². The molecule has 164 valence electrons. The van der Waals surface area contributed by atoms with Gasteiger partial charge in [0.2, 0.25) is 0 Å². The lowest BCUT2D eigenvalue weighted by Gasteiger charge is -2.37. The summed E-state index contributed by atoms with van der Waals surface area (Å²) in [7, 11) is 1.69. The maximum Gasteiger partial charge on any atom is 0.325 e. The Morgan fingerprint density at radius 3 is 2.71 bits per heavy atom. The maximum absolute atomic E-state index is 12.8. The summed E-state index contributed by atoms with van der Waals surface area (Å²) in [6.07, 6.45) is 4.15. The molecule has 2 unspecified atom stereocenters. The van der Waals surface area contributed by atoms with Crippen LogP contribution in [0, 0.1) is 0 Å². The molecule has 2 aromatic rings. The van der Waals surface area contributed by atoms with Gasteiger partial charge in [-0.1, -0.05) is 36.7 Å². The van der Waals surface area contributed by atoms with Gasteiger partial charge in [-0.2, -0.15) is 0 Å². The van der Waals surface area contributed by atoms with Gasteiger partial charge in [-0.15, -0.1) is 0 Å². The van der Waals surface area contributed by atoms with Gasteiger partial charge in [0.05, 0.1) is 0 Å². The number of urea groups is 1. The normalized spacial score (nSPS) is 24.3. The smallest absolute Gasteiger partial charge is 0.325 e. The van der Waals surface area contributed by atoms with Crippen LogP contribution in [-0.2, 0) is 4.79 Å². The predicted octanol–water partition coefficient (Wildman–Crippen LogP) is 2.34. The molecule has 3 aliphatic heterocycles. The lowest BCUT2D eigenvalue weighted by molar-refractivity contribution is -0.127. The molecule has 4 heterocycles. The number of likely N-dealkylation sites (tertiary alicyclic amines) is 1. The predicted molar refractivity (Wildman–Crippen MR) is 118 cm³/mol. The van der Waals surface area contributed by atoms with Crippen LogP contribution >= 0.6 is 11.8 Å². The number of benzene rings is 1. The zero-order chi connectivity index (χ0) is 21.4. The van der Waals surface area contributed by atoms with Crippen LogP contribution in [0.15, 0.2) is 38.9 Å². The maximum atomic E-state index is 12.8. The first-order chi connectivity index (χ1) is 15.1. The van der Waals surface area contributed by atoms with Gasteiger partial charge in [0, 0.05) is 32.4 Å². The minimum absolute atomic E-state index is 0.284. The number of amides is 3. The van der Waals surface area contributed by atoms with Gasteiger partial charge in [-0.05, 0) is 25.0 Å². The van der Waals surface area contributed by atoms with Crippen molar-refractivity contribution in [3.8, 4) is 0 Å². The third-order valence-corrected chi connectivity index (χ3v) is 6.87. The van der Waals surface area contributed by atoms with Crippen LogP contribution < -0.4 is 5.32 Å². The summed E-state index contributed by atoms with van der Waals surface area (Å²) in [5.74, 6) is 1.23. The molecule has 9 nitrogen and oxygen atoms in total. The Morgan fingerprint density at radius 2 is 1.94 bits per heavy atom. The summed E-state index contributed by atoms with van der Waals surface area (Å²) >= 11 is 1.52. The van der Waals surface area contributed by atoms with Crippen LogP contribution in [0.3, 0.4) is 0 Å². The minimum Gasteiger partial charge on any atom is -0.431 e. The molecule has 5 rings (SSSR count). The SMILES string of the molecule is CN1C(=O)NC(=O)C2C1N=C(N1CCCCCC1)N2CCSc1nc2ccccc2o1. The molecule has 2 saturated heterocycles. The molecule has 10 heteroatoms. The van der Waals surface area contributed by atoms with Gasteiger partial charge in [-0.3, -0.25) is 10.1 Å². The van der Waals surface area contributed by atoms with E-state index in [1.807, 2.05) is 24.3 Å². The number of likely N-dealkylation sites (N-methyl/N-ethyl adjacent to an activating group) is 1. The number of hydrogen-bond acceptors (Lipinski definition) is 8. The van der Waals surface area contributed by atoms with E-state index in [4.69, 9.17) is 9.41 Å². The number of imide groups is 1. The first-order valence-corrected chi connectivity index (χ1v) is 11.8. The lowest BCUT2D eigenvalue weighted by atomic mass is 10.1. The van der Waals surface area contributed by atoms with Crippen molar-refractivity contribution in [1.82, 2.24) is 25.0 Å². The molecule has 0 bridgehead atoms. The lowest BCUT2D eigenvalue weighted by Crippen LogP contribution is -2.64. The number of fused-ring (bicyclic) bond motifs is 2. The average Bonchev–Trinajstić information content (AvgIpc) is 3.24. The largest absolute Gasteiger partial charge is 0.431 e. The molecule has 0 radical (unpaired) electrons. The second-order valence-corrected chi connectivity index (χ2v) is 9.13. The zero-order valence-electron chi connectivity index (χ0n) is 17.5. The number of carbonyl (C=O) groups is 2. The Balaban J connectivity index is 1.34. The Bertz CT molecular complexity index is 982. The van der Waals surface area contributed by atoms with Gasteiger partial charge >= 0.3 is 6.03 Å². The molecule has 31 heavy (non-hydrogen) atoms. The second kappa shape index (κ2) is 8.41. The van der Waals surface area contributed by atoms with Crippen LogP contribution in [-0.4, -0.2) is 82.2 Å². The molecular formula is C21H26N6O3S. The third kappa shape index (κ3) is 3.84. The van der Waals surface area contributed by atoms with E-state index in [1.165, 1.54) is 29.5 Å². The number of aliphatic imine (C=N–C) groups is 1. The number of carbonyl (C=O) groups excluding carboxylic acids is 2. The van der Waals surface area contributed by atoms with E-state index in [1.54, 1.807) is 7.05 Å². The first kappa shape index (κ1) is 20.2. The number of thioether (sulfide) groups is 1. The number of hydrogen-bond donors (Lipinski definition) is 1. The van der Waals surface area contributed by atoms with E-state index >= 15 is 0 Å². The molecule has 2 atom stereocenters. The molecular weight excluding hydrogens is 416 g/mol. The third-order valence-electron chi connectivity index (χ3n) is 6.06. The van der Waals surface area contributed by atoms with E-state index in [-0.39, 0.29) is 5.91 Å². The number of nitrogens with one attached hydrogen (secondary N) is 1. The monoisotopic (exact) mass is 442 g/mol. The number of oxazole rings is 1. The van der Waals surface area contributed by atoms with Gasteiger partial charge in [0.25, 0.3) is 11.1 Å². The summed E-state index contributed by atoms with van der Waals surface area (Å²) < 4.78 is 5.81. The zero-order valence-corrected chi connectivity index (χ0v) is 18.3. The van der Waals surface area contributed by atoms with E-state index in [0.29, 0.717) is 17.5 Å². The summed E-state index contributed by atoms with van der Waals surface area (Å²) in [5.41, 5.74) is 1.61. The van der Waals surface area contributed by atoms with Crippen molar-refractivity contribution in [2.24, 2.45) is 4.99 Å². The van der Waals surface area contributed by atoms with Crippen molar-refractivity contribution in [2.75, 3.05) is 32.4 Å². The summed E-state index contributed by atoms with van der Waals surface area (Å²) in [6.45, 7) is 2.45. The molecule has 1 aromatic heterocycles. The summed E-state index contributed by atoms with van der Waals surface area (Å²) in [5, 5.41) is 3.09. The Kier molecular flexibility index (Phi) is 5.47. The number of guanidine groups is 1. The number of rotatable bonds is 4. The Labute approximate surface area is 184 Å². The summed E-state index contributed by atoms with van der Waals surface area (Å²) in [4.78, 5) is 40.2. The quantitative estimate of drug-likeness (QED) is 0.727. The highest BCUT2D eigenvalue weighted by atomic mass is 32.2. The average molecular weight is 443 g/mol. The molecule has 3 amide bonds. The topological polar surface area (TPSA) is 94.3 Å². The fourth-order valence-electron chi connectivity index (χ4n) is 4.43. The van der Waals surface area contributed by atoms with E-state index in [2.05, 4.69) is 20.1 Å². The van der Waals surface area contributed by atoms with Crippen LogP contribution in [0.5, 0.6) is 0 Å². The molecule has 0 spiro atoms. The fraction of sp³-hybridized carbons (Fsp3) is 0.524. The highest BCUT2D eigenvalue weighted by Gasteiger charge is 2.49. The molecule has 0 aliphatic carbocycles. The standard InChI is InChI=1S/C21H26N6O3S/c1-25-17-16(18(28)24-20(25)29)27(19(23-17)26-10-6-2-3-7-11-26)12-13-31-21-22-14-8-4-5-9-15(14)30-21/h4-5,8-9,16-17H,2-3,6-7,10-13H2,1H3,(H,24,28,29). The highest BCUT2D eigenvalue weighted by molar-refractivity contribution is 7.99. The van der Waals surface area contributed by atoms with Crippen molar-refractivity contribution in [3.63, 3.8) is 0 Å². The van der Waals surface area contributed by atoms with Crippen LogP contribution in [0.2, 0.25) is 0 Å². The van der Waals surface area contributed by atoms with Crippen molar-refractivity contribution >= 4 is 40.8 Å². The van der Waals surface area contributed by atoms with Crippen molar-refractivity contribution in [1.29, 1.82) is 0 Å². The Hall–Kier alpha value is -2.75.